The fraction of sp³-hybridized carbons (Fsp3) is 1.00. The van der Waals surface area contributed by atoms with Crippen LogP contribution in [0.25, 0.3) is 0 Å². The first-order valence-electron chi connectivity index (χ1n) is 7.23. The SMILES string of the molecule is C1CCCCCC/N=N/N=N/CCCCCC1. The van der Waals surface area contributed by atoms with Gasteiger partial charge >= 0.3 is 0 Å². The van der Waals surface area contributed by atoms with Gasteiger partial charge in [0.1, 0.15) is 0 Å². The summed E-state index contributed by atoms with van der Waals surface area (Å²) in [6, 6.07) is 0. The topological polar surface area (TPSA) is 49.4 Å². The molecule has 0 amide bonds. The van der Waals surface area contributed by atoms with Gasteiger partial charge < -0.3 is 0 Å². The van der Waals surface area contributed by atoms with Gasteiger partial charge in [0.05, 0.1) is 13.1 Å². The summed E-state index contributed by atoms with van der Waals surface area (Å²) in [6.45, 7) is 1.61. The Kier molecular flexibility index (Phi) is 9.80. The van der Waals surface area contributed by atoms with E-state index < -0.39 is 0 Å². The second kappa shape index (κ2) is 11.7. The average Bonchev–Trinajstić information content (AvgIpc) is 2.35. The molecule has 0 aromatic carbocycles. The Balaban J connectivity index is 2.13. The Hall–Kier alpha value is -0.800. The van der Waals surface area contributed by atoms with Crippen LogP contribution in [-0.2, 0) is 0 Å². The first kappa shape index (κ1) is 14.3. The number of rotatable bonds is 0. The van der Waals surface area contributed by atoms with Crippen molar-refractivity contribution in [2.24, 2.45) is 20.7 Å². The fourth-order valence-corrected chi connectivity index (χ4v) is 2.10. The standard InChI is InChI=1S/C13H26N4/c1-2-4-6-8-10-12-14-16-17-15-13-11-9-7-5-3-1/h1-13H2/b16-14+,17-15+. The zero-order valence-electron chi connectivity index (χ0n) is 11.0. The molecule has 17 heavy (non-hydrogen) atoms. The predicted octanol–water partition coefficient (Wildman–Crippen LogP) is 5.11. The predicted molar refractivity (Wildman–Crippen MR) is 70.2 cm³/mol. The van der Waals surface area contributed by atoms with Gasteiger partial charge in [-0.3, -0.25) is 0 Å². The van der Waals surface area contributed by atoms with Crippen LogP contribution in [0.4, 0.5) is 0 Å². The van der Waals surface area contributed by atoms with Gasteiger partial charge in [0.25, 0.3) is 0 Å². The summed E-state index contributed by atoms with van der Waals surface area (Å²) in [6.07, 6.45) is 14.5. The summed E-state index contributed by atoms with van der Waals surface area (Å²) in [7, 11) is 0. The van der Waals surface area contributed by atoms with E-state index in [-0.39, 0.29) is 0 Å². The molecule has 0 saturated heterocycles. The second-order valence-corrected chi connectivity index (χ2v) is 4.80. The molecule has 0 bridgehead atoms. The molecule has 0 aromatic heterocycles. The minimum atomic E-state index is 0.805. The second-order valence-electron chi connectivity index (χ2n) is 4.80. The van der Waals surface area contributed by atoms with E-state index in [0.717, 1.165) is 25.9 Å². The van der Waals surface area contributed by atoms with Crippen molar-refractivity contribution in [2.75, 3.05) is 13.1 Å². The van der Waals surface area contributed by atoms with Gasteiger partial charge in [-0.2, -0.15) is 10.2 Å². The Morgan fingerprint density at radius 2 is 0.647 bits per heavy atom. The van der Waals surface area contributed by atoms with Crippen molar-refractivity contribution in [2.45, 2.75) is 70.6 Å². The van der Waals surface area contributed by atoms with Crippen molar-refractivity contribution in [3.8, 4) is 0 Å². The van der Waals surface area contributed by atoms with Crippen molar-refractivity contribution in [3.05, 3.63) is 0 Å². The molecular weight excluding hydrogens is 212 g/mol. The molecule has 98 valence electrons. The Labute approximate surface area is 105 Å². The number of hydrogen-bond donors (Lipinski definition) is 0. The lowest BCUT2D eigenvalue weighted by molar-refractivity contribution is 0.548. The summed E-state index contributed by atoms with van der Waals surface area (Å²) >= 11 is 0. The highest BCUT2D eigenvalue weighted by Gasteiger charge is 1.94. The van der Waals surface area contributed by atoms with E-state index in [1.807, 2.05) is 0 Å². The van der Waals surface area contributed by atoms with Gasteiger partial charge in [-0.15, -0.1) is 0 Å². The monoisotopic (exact) mass is 238 g/mol. The van der Waals surface area contributed by atoms with E-state index in [9.17, 15) is 0 Å². The smallest absolute Gasteiger partial charge is 0.0621 e. The first-order valence-corrected chi connectivity index (χ1v) is 7.23. The molecule has 0 unspecified atom stereocenters. The highest BCUT2D eigenvalue weighted by atomic mass is 15.5. The maximum absolute atomic E-state index is 3.98. The van der Waals surface area contributed by atoms with Gasteiger partial charge in [-0.05, 0) is 23.3 Å². The van der Waals surface area contributed by atoms with Crippen molar-refractivity contribution in [1.29, 1.82) is 0 Å². The molecule has 1 rings (SSSR count). The zero-order valence-corrected chi connectivity index (χ0v) is 11.0. The maximum atomic E-state index is 3.98. The van der Waals surface area contributed by atoms with Gasteiger partial charge in [0.2, 0.25) is 0 Å². The fourth-order valence-electron chi connectivity index (χ4n) is 2.10. The molecule has 0 N–H and O–H groups in total. The molecule has 1 aliphatic heterocycles. The molecular formula is C13H26N4. The molecule has 0 aliphatic carbocycles. The molecule has 1 heterocycles. The molecule has 0 saturated carbocycles. The van der Waals surface area contributed by atoms with E-state index in [1.165, 1.54) is 57.8 Å². The van der Waals surface area contributed by atoms with Crippen LogP contribution in [0.1, 0.15) is 70.6 Å². The van der Waals surface area contributed by atoms with Crippen LogP contribution < -0.4 is 0 Å². The Morgan fingerprint density at radius 3 is 1.00 bits per heavy atom. The Bertz CT molecular complexity index is 191. The van der Waals surface area contributed by atoms with Crippen LogP contribution in [0.3, 0.4) is 0 Å². The third-order valence-corrected chi connectivity index (χ3v) is 3.18. The van der Waals surface area contributed by atoms with Crippen LogP contribution in [0.2, 0.25) is 0 Å². The van der Waals surface area contributed by atoms with Crippen LogP contribution in [0, 0.1) is 0 Å². The normalized spacial score (nSPS) is 25.9. The summed E-state index contributed by atoms with van der Waals surface area (Å²) in [5, 5.41) is 15.4. The summed E-state index contributed by atoms with van der Waals surface area (Å²) < 4.78 is 0. The minimum absolute atomic E-state index is 0.805. The van der Waals surface area contributed by atoms with Crippen molar-refractivity contribution in [1.82, 2.24) is 0 Å². The van der Waals surface area contributed by atoms with Crippen LogP contribution in [-0.4, -0.2) is 13.1 Å². The van der Waals surface area contributed by atoms with E-state index in [4.69, 9.17) is 0 Å². The lowest BCUT2D eigenvalue weighted by atomic mass is 10.1. The van der Waals surface area contributed by atoms with Gasteiger partial charge in [0, 0.05) is 0 Å². The van der Waals surface area contributed by atoms with Crippen LogP contribution >= 0.6 is 0 Å². The lowest BCUT2D eigenvalue weighted by Crippen LogP contribution is -1.84. The number of hydrogen-bond acceptors (Lipinski definition) is 4. The Morgan fingerprint density at radius 1 is 0.353 bits per heavy atom. The zero-order chi connectivity index (χ0) is 12.0. The highest BCUT2D eigenvalue weighted by molar-refractivity contribution is 4.50. The van der Waals surface area contributed by atoms with Gasteiger partial charge in [-0.1, -0.05) is 57.8 Å². The lowest BCUT2D eigenvalue weighted by Gasteiger charge is -2.01. The van der Waals surface area contributed by atoms with Gasteiger partial charge in [0.15, 0.2) is 0 Å². The third kappa shape index (κ3) is 10.1. The van der Waals surface area contributed by atoms with Crippen molar-refractivity contribution < 1.29 is 0 Å². The summed E-state index contributed by atoms with van der Waals surface area (Å²) in [4.78, 5) is 0. The molecule has 0 radical (unpaired) electrons. The first-order chi connectivity index (χ1) is 8.50. The number of nitrogens with zero attached hydrogens (tertiary/aromatic N) is 4. The molecule has 4 heteroatoms. The van der Waals surface area contributed by atoms with Gasteiger partial charge in [-0.25, -0.2) is 0 Å². The van der Waals surface area contributed by atoms with E-state index in [0.29, 0.717) is 0 Å². The molecule has 0 atom stereocenters. The minimum Gasteiger partial charge on any atom is -0.167 e. The quantitative estimate of drug-likeness (QED) is 0.563. The summed E-state index contributed by atoms with van der Waals surface area (Å²) in [5.74, 6) is 0. The summed E-state index contributed by atoms with van der Waals surface area (Å²) in [5.41, 5.74) is 0. The third-order valence-electron chi connectivity index (χ3n) is 3.18. The van der Waals surface area contributed by atoms with E-state index in [2.05, 4.69) is 20.7 Å². The van der Waals surface area contributed by atoms with E-state index in [1.54, 1.807) is 0 Å². The van der Waals surface area contributed by atoms with Crippen LogP contribution in [0.15, 0.2) is 20.7 Å². The van der Waals surface area contributed by atoms with E-state index >= 15 is 0 Å². The molecule has 1 aliphatic rings. The maximum Gasteiger partial charge on any atom is 0.0621 e. The molecule has 0 fully saturated rings. The highest BCUT2D eigenvalue weighted by Crippen LogP contribution is 2.11. The molecule has 0 aromatic rings. The largest absolute Gasteiger partial charge is 0.167 e. The van der Waals surface area contributed by atoms with Crippen LogP contribution in [0.5, 0.6) is 0 Å². The average molecular weight is 238 g/mol. The van der Waals surface area contributed by atoms with Crippen molar-refractivity contribution >= 4 is 0 Å². The molecule has 4 nitrogen and oxygen atoms in total. The molecule has 0 spiro atoms. The van der Waals surface area contributed by atoms with Crippen molar-refractivity contribution in [3.63, 3.8) is 0 Å².